The Kier molecular flexibility index (Phi) is 7.03. The second kappa shape index (κ2) is 9.90. The van der Waals surface area contributed by atoms with E-state index in [0.29, 0.717) is 18.0 Å². The molecule has 1 unspecified atom stereocenters. The third-order valence-corrected chi connectivity index (χ3v) is 6.67. The van der Waals surface area contributed by atoms with Crippen LogP contribution >= 0.6 is 11.6 Å². The normalized spacial score (nSPS) is 21.4. The zero-order valence-electron chi connectivity index (χ0n) is 17.4. The van der Waals surface area contributed by atoms with Crippen molar-refractivity contribution in [1.29, 1.82) is 0 Å². The van der Waals surface area contributed by atoms with Crippen LogP contribution in [0.4, 0.5) is 0 Å². The molecule has 1 aromatic carbocycles. The molecule has 2 aliphatic rings. The Morgan fingerprint density at radius 2 is 2.03 bits per heavy atom. The summed E-state index contributed by atoms with van der Waals surface area (Å²) in [6, 6.07) is 11.6. The second-order valence-corrected chi connectivity index (χ2v) is 9.01. The van der Waals surface area contributed by atoms with Crippen molar-refractivity contribution in [2.45, 2.75) is 44.2 Å². The Balaban J connectivity index is 1.22. The van der Waals surface area contributed by atoms with Crippen molar-refractivity contribution in [3.8, 4) is 0 Å². The summed E-state index contributed by atoms with van der Waals surface area (Å²) in [5.41, 5.74) is 1.95. The predicted octanol–water partition coefficient (Wildman–Crippen LogP) is 4.32. The molecule has 1 amide bonds. The molecule has 1 aromatic heterocycles. The van der Waals surface area contributed by atoms with E-state index in [1.807, 2.05) is 12.1 Å². The first-order chi connectivity index (χ1) is 14.6. The molecule has 0 aliphatic carbocycles. The molecule has 1 atom stereocenters. The number of pyridine rings is 1. The first-order valence-corrected chi connectivity index (χ1v) is 11.3. The van der Waals surface area contributed by atoms with E-state index in [1.165, 1.54) is 5.56 Å². The third kappa shape index (κ3) is 5.60. The summed E-state index contributed by atoms with van der Waals surface area (Å²) in [6.07, 6.45) is 8.64. The number of piperidine rings is 1. The number of hydrogen-bond donors (Lipinski definition) is 1. The number of nitrogens with zero attached hydrogens (tertiary/aromatic N) is 2. The van der Waals surface area contributed by atoms with Gasteiger partial charge >= 0.3 is 0 Å². The number of halogens is 1. The highest BCUT2D eigenvalue weighted by Crippen LogP contribution is 2.39. The predicted molar refractivity (Wildman–Crippen MR) is 119 cm³/mol. The molecule has 2 aliphatic heterocycles. The molecule has 1 spiro atoms. The van der Waals surface area contributed by atoms with Gasteiger partial charge in [0.1, 0.15) is 0 Å². The van der Waals surface area contributed by atoms with Gasteiger partial charge < -0.3 is 10.1 Å². The van der Waals surface area contributed by atoms with Crippen LogP contribution in [0.2, 0.25) is 5.02 Å². The standard InChI is InChI=1S/C24H30ClN3O2/c25-22-3-1-2-20(16-22)18-28-13-8-24(9-14-28)17-19(7-15-30-24)4-12-27-23(29)21-5-10-26-11-6-21/h1-3,5-6,10-11,16,19H,4,7-9,12-15,17-18H2,(H,27,29). The second-order valence-electron chi connectivity index (χ2n) is 8.58. The molecule has 1 N–H and O–H groups in total. The minimum atomic E-state index is -0.0199. The molecule has 160 valence electrons. The minimum absolute atomic E-state index is 0.0167. The van der Waals surface area contributed by atoms with Crippen molar-refractivity contribution in [1.82, 2.24) is 15.2 Å². The molecule has 0 bridgehead atoms. The van der Waals surface area contributed by atoms with Crippen LogP contribution in [0.25, 0.3) is 0 Å². The summed E-state index contributed by atoms with van der Waals surface area (Å²) in [5, 5.41) is 3.85. The molecule has 0 saturated carbocycles. The highest BCUT2D eigenvalue weighted by molar-refractivity contribution is 6.30. The first kappa shape index (κ1) is 21.3. The maximum Gasteiger partial charge on any atom is 0.251 e. The average Bonchev–Trinajstić information content (AvgIpc) is 2.76. The van der Waals surface area contributed by atoms with Gasteiger partial charge in [-0.2, -0.15) is 0 Å². The highest BCUT2D eigenvalue weighted by Gasteiger charge is 2.40. The number of ether oxygens (including phenoxy) is 1. The highest BCUT2D eigenvalue weighted by atomic mass is 35.5. The lowest BCUT2D eigenvalue weighted by molar-refractivity contribution is -0.128. The Hall–Kier alpha value is -1.95. The van der Waals surface area contributed by atoms with Crippen molar-refractivity contribution < 1.29 is 9.53 Å². The molecular formula is C24H30ClN3O2. The van der Waals surface area contributed by atoms with E-state index in [-0.39, 0.29) is 11.5 Å². The van der Waals surface area contributed by atoms with Crippen LogP contribution in [0.5, 0.6) is 0 Å². The van der Waals surface area contributed by atoms with Gasteiger partial charge in [0.25, 0.3) is 5.91 Å². The van der Waals surface area contributed by atoms with Crippen LogP contribution in [-0.4, -0.2) is 47.6 Å². The van der Waals surface area contributed by atoms with Gasteiger partial charge in [-0.15, -0.1) is 0 Å². The number of hydrogen-bond acceptors (Lipinski definition) is 4. The van der Waals surface area contributed by atoms with Gasteiger partial charge in [0.05, 0.1) is 5.60 Å². The number of likely N-dealkylation sites (tertiary alicyclic amines) is 1. The molecule has 2 aromatic rings. The summed E-state index contributed by atoms with van der Waals surface area (Å²) in [6.45, 7) is 4.59. The molecule has 6 heteroatoms. The van der Waals surface area contributed by atoms with Gasteiger partial charge in [0, 0.05) is 55.8 Å². The summed E-state index contributed by atoms with van der Waals surface area (Å²) >= 11 is 6.12. The topological polar surface area (TPSA) is 54.5 Å². The van der Waals surface area contributed by atoms with Gasteiger partial charge in [-0.25, -0.2) is 0 Å². The quantitative estimate of drug-likeness (QED) is 0.746. The fourth-order valence-corrected chi connectivity index (χ4v) is 4.94. The van der Waals surface area contributed by atoms with E-state index in [1.54, 1.807) is 24.5 Å². The lowest BCUT2D eigenvalue weighted by Gasteiger charge is -2.46. The fourth-order valence-electron chi connectivity index (χ4n) is 4.73. The van der Waals surface area contributed by atoms with Crippen molar-refractivity contribution in [3.63, 3.8) is 0 Å². The first-order valence-electron chi connectivity index (χ1n) is 10.9. The minimum Gasteiger partial charge on any atom is -0.375 e. The number of amides is 1. The summed E-state index contributed by atoms with van der Waals surface area (Å²) < 4.78 is 6.31. The molecule has 4 rings (SSSR count). The number of benzene rings is 1. The third-order valence-electron chi connectivity index (χ3n) is 6.44. The van der Waals surface area contributed by atoms with E-state index in [0.717, 1.165) is 63.4 Å². The van der Waals surface area contributed by atoms with E-state index >= 15 is 0 Å². The van der Waals surface area contributed by atoms with Crippen LogP contribution in [0, 0.1) is 5.92 Å². The van der Waals surface area contributed by atoms with E-state index in [9.17, 15) is 4.79 Å². The summed E-state index contributed by atoms with van der Waals surface area (Å²) in [5.74, 6) is 0.587. The molecule has 2 saturated heterocycles. The number of aromatic nitrogens is 1. The maximum absolute atomic E-state index is 12.2. The lowest BCUT2D eigenvalue weighted by atomic mass is 9.78. The van der Waals surface area contributed by atoms with Crippen LogP contribution < -0.4 is 5.32 Å². The maximum atomic E-state index is 12.2. The van der Waals surface area contributed by atoms with Crippen LogP contribution in [0.3, 0.4) is 0 Å². The summed E-state index contributed by atoms with van der Waals surface area (Å²) in [7, 11) is 0. The van der Waals surface area contributed by atoms with Crippen LogP contribution in [0.15, 0.2) is 48.8 Å². The lowest BCUT2D eigenvalue weighted by Crippen LogP contribution is -2.49. The van der Waals surface area contributed by atoms with Crippen molar-refractivity contribution >= 4 is 17.5 Å². The van der Waals surface area contributed by atoms with Crippen molar-refractivity contribution in [2.75, 3.05) is 26.2 Å². The molecule has 5 nitrogen and oxygen atoms in total. The molecule has 0 radical (unpaired) electrons. The van der Waals surface area contributed by atoms with Gasteiger partial charge in [0.2, 0.25) is 0 Å². The molecule has 3 heterocycles. The monoisotopic (exact) mass is 427 g/mol. The zero-order chi connectivity index (χ0) is 20.8. The van der Waals surface area contributed by atoms with E-state index in [2.05, 4.69) is 27.3 Å². The van der Waals surface area contributed by atoms with E-state index in [4.69, 9.17) is 16.3 Å². The number of carbonyl (C=O) groups excluding carboxylic acids is 1. The van der Waals surface area contributed by atoms with Gasteiger partial charge in [0.15, 0.2) is 0 Å². The van der Waals surface area contributed by atoms with E-state index < -0.39 is 0 Å². The van der Waals surface area contributed by atoms with Gasteiger partial charge in [-0.1, -0.05) is 23.7 Å². The number of rotatable bonds is 6. The fraction of sp³-hybridized carbons (Fsp3) is 0.500. The Morgan fingerprint density at radius 1 is 1.23 bits per heavy atom. The Morgan fingerprint density at radius 3 is 2.80 bits per heavy atom. The number of nitrogens with one attached hydrogen (secondary N) is 1. The Labute approximate surface area is 183 Å². The molecule has 30 heavy (non-hydrogen) atoms. The van der Waals surface area contributed by atoms with Crippen LogP contribution in [-0.2, 0) is 11.3 Å². The zero-order valence-corrected chi connectivity index (χ0v) is 18.1. The Bertz CT molecular complexity index is 837. The largest absolute Gasteiger partial charge is 0.375 e. The van der Waals surface area contributed by atoms with Gasteiger partial charge in [-0.3, -0.25) is 14.7 Å². The van der Waals surface area contributed by atoms with Crippen molar-refractivity contribution in [3.05, 3.63) is 64.9 Å². The van der Waals surface area contributed by atoms with Crippen LogP contribution in [0.1, 0.15) is 48.0 Å². The summed E-state index contributed by atoms with van der Waals surface area (Å²) in [4.78, 5) is 18.7. The van der Waals surface area contributed by atoms with Crippen molar-refractivity contribution in [2.24, 2.45) is 5.92 Å². The molecule has 2 fully saturated rings. The SMILES string of the molecule is O=C(NCCC1CCOC2(CCN(Cc3cccc(Cl)c3)CC2)C1)c1ccncc1. The average molecular weight is 428 g/mol. The molecular weight excluding hydrogens is 398 g/mol. The number of carbonyl (C=O) groups is 1. The smallest absolute Gasteiger partial charge is 0.251 e. The van der Waals surface area contributed by atoms with Gasteiger partial charge in [-0.05, 0) is 67.9 Å².